The molecule has 9 nitrogen and oxygen atoms in total. The molecule has 1 aromatic carbocycles. The first-order chi connectivity index (χ1) is 13.2. The van der Waals surface area contributed by atoms with Gasteiger partial charge in [-0.15, -0.1) is 0 Å². The van der Waals surface area contributed by atoms with Crippen molar-refractivity contribution in [2.45, 2.75) is 30.6 Å². The molecule has 2 aliphatic rings. The Morgan fingerprint density at radius 2 is 2.07 bits per heavy atom. The van der Waals surface area contributed by atoms with Gasteiger partial charge in [0, 0.05) is 45.5 Å². The quantitative estimate of drug-likeness (QED) is 0.242. The maximum Gasteiger partial charge on any atom is 0.293 e. The fourth-order valence-corrected chi connectivity index (χ4v) is 4.59. The molecule has 1 aromatic rings. The molecule has 1 aliphatic carbocycles. The summed E-state index contributed by atoms with van der Waals surface area (Å²) in [6, 6.07) is 3.90. The van der Waals surface area contributed by atoms with Crippen LogP contribution in [0.5, 0.6) is 0 Å². The second-order valence-corrected chi connectivity index (χ2v) is 9.65. The van der Waals surface area contributed by atoms with Crippen LogP contribution in [0.25, 0.3) is 0 Å². The smallest absolute Gasteiger partial charge is 0.293 e. The van der Waals surface area contributed by atoms with Crippen LogP contribution in [-0.4, -0.2) is 63.7 Å². The second-order valence-electron chi connectivity index (χ2n) is 7.63. The molecule has 0 aromatic heterocycles. The molecule has 2 N–H and O–H groups in total. The largest absolute Gasteiger partial charge is 0.378 e. The van der Waals surface area contributed by atoms with Crippen LogP contribution in [0.15, 0.2) is 28.1 Å². The molecule has 1 aliphatic heterocycles. The first kappa shape index (κ1) is 20.4. The summed E-state index contributed by atoms with van der Waals surface area (Å²) in [4.78, 5) is 17.3. The van der Waals surface area contributed by atoms with E-state index in [9.17, 15) is 18.5 Å². The van der Waals surface area contributed by atoms with Crippen molar-refractivity contribution < 1.29 is 13.3 Å². The van der Waals surface area contributed by atoms with Gasteiger partial charge in [-0.25, -0.2) is 8.42 Å². The third-order valence-corrected chi connectivity index (χ3v) is 6.79. The van der Waals surface area contributed by atoms with Crippen molar-refractivity contribution in [2.75, 3.05) is 44.8 Å². The first-order valence-electron chi connectivity index (χ1n) is 9.42. The van der Waals surface area contributed by atoms with Gasteiger partial charge in [0.05, 0.1) is 9.82 Å². The van der Waals surface area contributed by atoms with Gasteiger partial charge in [-0.3, -0.25) is 15.1 Å². The number of rotatable bonds is 6. The molecular formula is C18H27N5O4S. The number of guanidine groups is 1. The van der Waals surface area contributed by atoms with E-state index in [-0.39, 0.29) is 10.6 Å². The van der Waals surface area contributed by atoms with E-state index >= 15 is 0 Å². The minimum atomic E-state index is -3.50. The van der Waals surface area contributed by atoms with Gasteiger partial charge in [0.25, 0.3) is 5.69 Å². The van der Waals surface area contributed by atoms with Gasteiger partial charge in [0.2, 0.25) is 0 Å². The summed E-state index contributed by atoms with van der Waals surface area (Å²) in [5, 5.41) is 17.6. The topological polar surface area (TPSA) is 117 Å². The van der Waals surface area contributed by atoms with Crippen LogP contribution in [0.3, 0.4) is 0 Å². The lowest BCUT2D eigenvalue weighted by atomic mass is 9.68. The van der Waals surface area contributed by atoms with Crippen LogP contribution >= 0.6 is 0 Å². The molecule has 0 unspecified atom stereocenters. The minimum Gasteiger partial charge on any atom is -0.378 e. The Morgan fingerprint density at radius 3 is 2.61 bits per heavy atom. The van der Waals surface area contributed by atoms with E-state index in [0.29, 0.717) is 24.2 Å². The Kier molecular flexibility index (Phi) is 5.78. The lowest BCUT2D eigenvalue weighted by molar-refractivity contribution is -0.384. The van der Waals surface area contributed by atoms with Crippen LogP contribution in [0, 0.1) is 15.5 Å². The molecule has 1 spiro atoms. The van der Waals surface area contributed by atoms with Crippen molar-refractivity contribution in [3.05, 3.63) is 28.3 Å². The summed E-state index contributed by atoms with van der Waals surface area (Å²) in [5.74, 6) is 0.854. The van der Waals surface area contributed by atoms with E-state index in [1.165, 1.54) is 37.8 Å². The van der Waals surface area contributed by atoms with Crippen molar-refractivity contribution in [3.63, 3.8) is 0 Å². The lowest BCUT2D eigenvalue weighted by Gasteiger charge is -2.38. The van der Waals surface area contributed by atoms with Gasteiger partial charge in [0.1, 0.15) is 5.69 Å². The monoisotopic (exact) mass is 409 g/mol. The van der Waals surface area contributed by atoms with Crippen molar-refractivity contribution in [1.82, 2.24) is 10.2 Å². The van der Waals surface area contributed by atoms with Crippen LogP contribution in [0.4, 0.5) is 11.4 Å². The zero-order valence-corrected chi connectivity index (χ0v) is 17.1. The standard InChI is InChI=1S/C18H27N5O4S/c1-19-17(22-11-8-18(13-22)6-3-7-18)21-10-9-20-15-5-4-14(28(2,26)27)12-16(15)23(24)25/h4-5,12,20H,3,6-11,13H2,1-2H3,(H,19,21). The number of sulfone groups is 1. The summed E-state index contributed by atoms with van der Waals surface area (Å²) < 4.78 is 23.2. The molecule has 10 heteroatoms. The normalized spacial score (nSPS) is 18.8. The average Bonchev–Trinajstić information content (AvgIpc) is 3.07. The van der Waals surface area contributed by atoms with Crippen molar-refractivity contribution in [3.8, 4) is 0 Å². The highest BCUT2D eigenvalue weighted by molar-refractivity contribution is 7.90. The Labute approximate surface area is 165 Å². The number of benzene rings is 1. The van der Waals surface area contributed by atoms with Gasteiger partial charge in [0.15, 0.2) is 15.8 Å². The minimum absolute atomic E-state index is 0.0674. The lowest BCUT2D eigenvalue weighted by Crippen LogP contribution is -2.43. The summed E-state index contributed by atoms with van der Waals surface area (Å²) in [5.41, 5.74) is 0.528. The third-order valence-electron chi connectivity index (χ3n) is 5.68. The Morgan fingerprint density at radius 1 is 1.32 bits per heavy atom. The van der Waals surface area contributed by atoms with Gasteiger partial charge in [-0.1, -0.05) is 6.42 Å². The number of hydrogen-bond donors (Lipinski definition) is 2. The summed E-state index contributed by atoms with van der Waals surface area (Å²) >= 11 is 0. The number of anilines is 1. The van der Waals surface area contributed by atoms with Crippen LogP contribution in [0.1, 0.15) is 25.7 Å². The fraction of sp³-hybridized carbons (Fsp3) is 0.611. The summed E-state index contributed by atoms with van der Waals surface area (Å²) in [6.07, 6.45) is 6.16. The zero-order valence-electron chi connectivity index (χ0n) is 16.3. The molecule has 0 bridgehead atoms. The summed E-state index contributed by atoms with van der Waals surface area (Å²) in [6.45, 7) is 3.03. The van der Waals surface area contributed by atoms with Gasteiger partial charge in [-0.05, 0) is 36.8 Å². The van der Waals surface area contributed by atoms with Crippen molar-refractivity contribution in [2.24, 2.45) is 10.4 Å². The fourth-order valence-electron chi connectivity index (χ4n) is 3.95. The van der Waals surface area contributed by atoms with Crippen molar-refractivity contribution in [1.29, 1.82) is 0 Å². The zero-order chi connectivity index (χ0) is 20.4. The highest BCUT2D eigenvalue weighted by Crippen LogP contribution is 2.47. The number of nitro benzene ring substituents is 1. The molecular weight excluding hydrogens is 382 g/mol. The SMILES string of the molecule is CN=C(NCCNc1ccc(S(C)(=O)=O)cc1[N+](=O)[O-])N1CCC2(CCC2)C1. The summed E-state index contributed by atoms with van der Waals surface area (Å²) in [7, 11) is -1.74. The maximum absolute atomic E-state index is 11.6. The van der Waals surface area contributed by atoms with E-state index in [2.05, 4.69) is 20.5 Å². The molecule has 0 radical (unpaired) electrons. The van der Waals surface area contributed by atoms with Crippen LogP contribution in [0.2, 0.25) is 0 Å². The number of hydrogen-bond acceptors (Lipinski definition) is 6. The van der Waals surface area contributed by atoms with Crippen molar-refractivity contribution >= 4 is 27.2 Å². The highest BCUT2D eigenvalue weighted by Gasteiger charge is 2.43. The van der Waals surface area contributed by atoms with Gasteiger partial charge in [-0.2, -0.15) is 0 Å². The molecule has 1 saturated heterocycles. The van der Waals surface area contributed by atoms with E-state index in [4.69, 9.17) is 0 Å². The number of likely N-dealkylation sites (tertiary alicyclic amines) is 1. The van der Waals surface area contributed by atoms with E-state index in [1.54, 1.807) is 7.05 Å². The average molecular weight is 410 g/mol. The maximum atomic E-state index is 11.6. The molecule has 2 fully saturated rings. The van der Waals surface area contributed by atoms with Gasteiger partial charge >= 0.3 is 0 Å². The molecule has 28 heavy (non-hydrogen) atoms. The Bertz CT molecular complexity index is 880. The first-order valence-corrected chi connectivity index (χ1v) is 11.3. The second kappa shape index (κ2) is 7.94. The predicted octanol–water partition coefficient (Wildman–Crippen LogP) is 1.86. The Balaban J connectivity index is 1.55. The molecule has 1 heterocycles. The predicted molar refractivity (Wildman–Crippen MR) is 109 cm³/mol. The number of aliphatic imine (C=N–C) groups is 1. The van der Waals surface area contributed by atoms with Gasteiger partial charge < -0.3 is 15.5 Å². The molecule has 1 saturated carbocycles. The number of nitro groups is 1. The molecule has 0 amide bonds. The molecule has 3 rings (SSSR count). The highest BCUT2D eigenvalue weighted by atomic mass is 32.2. The number of nitrogens with one attached hydrogen (secondary N) is 2. The molecule has 154 valence electrons. The van der Waals surface area contributed by atoms with Crippen LogP contribution in [-0.2, 0) is 9.84 Å². The Hall–Kier alpha value is -2.36. The van der Waals surface area contributed by atoms with Crippen LogP contribution < -0.4 is 10.6 Å². The van der Waals surface area contributed by atoms with E-state index < -0.39 is 14.8 Å². The van der Waals surface area contributed by atoms with E-state index in [0.717, 1.165) is 31.4 Å². The molecule has 0 atom stereocenters. The number of nitrogens with zero attached hydrogens (tertiary/aromatic N) is 3. The van der Waals surface area contributed by atoms with E-state index in [1.807, 2.05) is 0 Å². The third kappa shape index (κ3) is 4.37.